The summed E-state index contributed by atoms with van der Waals surface area (Å²) in [7, 11) is 4.18. The van der Waals surface area contributed by atoms with Crippen LogP contribution in [0.15, 0.2) is 11.1 Å². The van der Waals surface area contributed by atoms with Crippen LogP contribution in [0.5, 0.6) is 0 Å². The number of nitrogens with one attached hydrogen (secondary N) is 2. The number of aromatic amines is 1. The number of piperazine rings is 1. The first-order chi connectivity index (χ1) is 10.9. The van der Waals surface area contributed by atoms with Crippen LogP contribution in [0.4, 0.5) is 5.82 Å². The van der Waals surface area contributed by atoms with E-state index in [0.29, 0.717) is 23.9 Å². The van der Waals surface area contributed by atoms with Gasteiger partial charge in [-0.3, -0.25) is 15.4 Å². The van der Waals surface area contributed by atoms with Gasteiger partial charge in [0, 0.05) is 51.0 Å². The second kappa shape index (κ2) is 8.07. The zero-order valence-corrected chi connectivity index (χ0v) is 14.3. The van der Waals surface area contributed by atoms with Gasteiger partial charge in [0.2, 0.25) is 0 Å². The quantitative estimate of drug-likeness (QED) is 0.515. The third-order valence-electron chi connectivity index (χ3n) is 3.92. The van der Waals surface area contributed by atoms with E-state index in [2.05, 4.69) is 44.0 Å². The minimum Gasteiger partial charge on any atom is -0.387 e. The molecule has 128 valence electrons. The molecule has 8 nitrogen and oxygen atoms in total. The van der Waals surface area contributed by atoms with Crippen molar-refractivity contribution in [3.8, 4) is 0 Å². The van der Waals surface area contributed by atoms with Crippen LogP contribution in [0.2, 0.25) is 0 Å². The fraction of sp³-hybridized carbons (Fsp3) is 0.667. The fourth-order valence-electron chi connectivity index (χ4n) is 2.51. The summed E-state index contributed by atoms with van der Waals surface area (Å²) in [5.41, 5.74) is 6.89. The largest absolute Gasteiger partial charge is 0.387 e. The molecule has 2 heterocycles. The van der Waals surface area contributed by atoms with Gasteiger partial charge in [0.05, 0.1) is 6.42 Å². The standard InChI is InChI=1S/C15H28N8/c1-12-10-15(20-19-12)18-13(16)11-14(17)23-8-6-22(7-9-23)5-4-21(2)3/h10,17H,4-9,11H2,1-3H3,(H3,16,18,19,20). The monoisotopic (exact) mass is 320 g/mol. The van der Waals surface area contributed by atoms with Crippen molar-refractivity contribution in [2.24, 2.45) is 10.7 Å². The van der Waals surface area contributed by atoms with E-state index in [9.17, 15) is 0 Å². The van der Waals surface area contributed by atoms with Gasteiger partial charge >= 0.3 is 0 Å². The van der Waals surface area contributed by atoms with Gasteiger partial charge in [-0.1, -0.05) is 0 Å². The number of aliphatic imine (C=N–C) groups is 1. The molecular weight excluding hydrogens is 292 g/mol. The van der Waals surface area contributed by atoms with E-state index < -0.39 is 0 Å². The molecule has 0 bridgehead atoms. The summed E-state index contributed by atoms with van der Waals surface area (Å²) in [5.74, 6) is 1.53. The van der Waals surface area contributed by atoms with E-state index in [1.54, 1.807) is 0 Å². The molecule has 4 N–H and O–H groups in total. The maximum atomic E-state index is 8.23. The van der Waals surface area contributed by atoms with Crippen molar-refractivity contribution in [3.05, 3.63) is 11.8 Å². The smallest absolute Gasteiger partial charge is 0.175 e. The molecule has 0 unspecified atom stereocenters. The van der Waals surface area contributed by atoms with Gasteiger partial charge in [0.15, 0.2) is 5.82 Å². The van der Waals surface area contributed by atoms with E-state index in [1.165, 1.54) is 0 Å². The lowest BCUT2D eigenvalue weighted by Gasteiger charge is -2.36. The van der Waals surface area contributed by atoms with Crippen molar-refractivity contribution in [2.75, 3.05) is 53.4 Å². The van der Waals surface area contributed by atoms with Gasteiger partial charge in [-0.15, -0.1) is 0 Å². The van der Waals surface area contributed by atoms with Gasteiger partial charge in [-0.25, -0.2) is 4.99 Å². The Kier molecular flexibility index (Phi) is 6.12. The fourth-order valence-corrected chi connectivity index (χ4v) is 2.51. The summed E-state index contributed by atoms with van der Waals surface area (Å²) in [5, 5.41) is 15.1. The Balaban J connectivity index is 1.77. The van der Waals surface area contributed by atoms with E-state index in [1.807, 2.05) is 13.0 Å². The maximum Gasteiger partial charge on any atom is 0.175 e. The summed E-state index contributed by atoms with van der Waals surface area (Å²) in [6.45, 7) is 7.80. The average Bonchev–Trinajstić information content (AvgIpc) is 2.90. The molecule has 1 aromatic heterocycles. The maximum absolute atomic E-state index is 8.23. The highest BCUT2D eigenvalue weighted by molar-refractivity contribution is 6.01. The minimum absolute atomic E-state index is 0.365. The molecule has 23 heavy (non-hydrogen) atoms. The third kappa shape index (κ3) is 5.65. The Labute approximate surface area is 137 Å². The zero-order chi connectivity index (χ0) is 16.8. The van der Waals surface area contributed by atoms with Crippen LogP contribution < -0.4 is 5.73 Å². The van der Waals surface area contributed by atoms with Crippen molar-refractivity contribution in [1.82, 2.24) is 24.9 Å². The van der Waals surface area contributed by atoms with Crippen molar-refractivity contribution < 1.29 is 0 Å². The van der Waals surface area contributed by atoms with Crippen molar-refractivity contribution in [1.29, 1.82) is 5.41 Å². The van der Waals surface area contributed by atoms with E-state index in [0.717, 1.165) is 45.0 Å². The van der Waals surface area contributed by atoms with Crippen LogP contribution in [0.1, 0.15) is 12.1 Å². The predicted octanol–water partition coefficient (Wildman–Crippen LogP) is 0.253. The number of nitrogens with two attached hydrogens (primary N) is 1. The molecular formula is C15H28N8. The van der Waals surface area contributed by atoms with E-state index in [4.69, 9.17) is 11.1 Å². The second-order valence-electron chi connectivity index (χ2n) is 6.27. The summed E-state index contributed by atoms with van der Waals surface area (Å²) < 4.78 is 0. The molecule has 0 radical (unpaired) electrons. The number of aryl methyl sites for hydroxylation is 1. The molecule has 0 aliphatic carbocycles. The number of aromatic nitrogens is 2. The lowest BCUT2D eigenvalue weighted by atomic mass is 10.2. The van der Waals surface area contributed by atoms with Crippen LogP contribution in [0.25, 0.3) is 0 Å². The van der Waals surface area contributed by atoms with E-state index >= 15 is 0 Å². The first-order valence-electron chi connectivity index (χ1n) is 7.98. The topological polar surface area (TPSA) is 101 Å². The molecule has 0 saturated carbocycles. The number of nitrogens with zero attached hydrogens (tertiary/aromatic N) is 5. The molecule has 0 amide bonds. The normalized spacial score (nSPS) is 17.0. The van der Waals surface area contributed by atoms with Gasteiger partial charge in [-0.05, 0) is 21.0 Å². The second-order valence-corrected chi connectivity index (χ2v) is 6.27. The van der Waals surface area contributed by atoms with Crippen LogP contribution in [-0.4, -0.2) is 89.9 Å². The first-order valence-corrected chi connectivity index (χ1v) is 7.98. The first kappa shape index (κ1) is 17.4. The Hall–Kier alpha value is -1.93. The van der Waals surface area contributed by atoms with Gasteiger partial charge in [0.25, 0.3) is 0 Å². The van der Waals surface area contributed by atoms with Gasteiger partial charge < -0.3 is 15.5 Å². The molecule has 1 aromatic rings. The van der Waals surface area contributed by atoms with Crippen LogP contribution in [0, 0.1) is 12.3 Å². The van der Waals surface area contributed by atoms with Crippen LogP contribution in [0.3, 0.4) is 0 Å². The molecule has 2 rings (SSSR count). The van der Waals surface area contributed by atoms with Crippen molar-refractivity contribution in [3.63, 3.8) is 0 Å². The number of hydrogen-bond acceptors (Lipinski definition) is 5. The number of hydrogen-bond donors (Lipinski definition) is 3. The number of H-pyrrole nitrogens is 1. The summed E-state index contributed by atoms with van der Waals surface area (Å²) in [6, 6.07) is 1.83. The highest BCUT2D eigenvalue weighted by Gasteiger charge is 2.19. The minimum atomic E-state index is 0.365. The number of amidine groups is 2. The summed E-state index contributed by atoms with van der Waals surface area (Å²) >= 11 is 0. The van der Waals surface area contributed by atoms with Crippen molar-refractivity contribution >= 4 is 17.5 Å². The molecule has 1 fully saturated rings. The Morgan fingerprint density at radius 1 is 1.39 bits per heavy atom. The van der Waals surface area contributed by atoms with Crippen LogP contribution in [-0.2, 0) is 0 Å². The van der Waals surface area contributed by atoms with E-state index in [-0.39, 0.29) is 0 Å². The number of likely N-dealkylation sites (N-methyl/N-ethyl adjacent to an activating group) is 1. The summed E-state index contributed by atoms with van der Waals surface area (Å²) in [6.07, 6.45) is 0.365. The Morgan fingerprint density at radius 2 is 2.09 bits per heavy atom. The van der Waals surface area contributed by atoms with Crippen LogP contribution >= 0.6 is 0 Å². The molecule has 0 atom stereocenters. The lowest BCUT2D eigenvalue weighted by Crippen LogP contribution is -2.50. The van der Waals surface area contributed by atoms with Gasteiger partial charge in [0.1, 0.15) is 11.7 Å². The molecule has 1 saturated heterocycles. The highest BCUT2D eigenvalue weighted by atomic mass is 15.3. The molecule has 0 spiro atoms. The molecule has 8 heteroatoms. The highest BCUT2D eigenvalue weighted by Crippen LogP contribution is 2.09. The summed E-state index contributed by atoms with van der Waals surface area (Å²) in [4.78, 5) is 11.0. The molecule has 1 aliphatic heterocycles. The number of rotatable bonds is 6. The van der Waals surface area contributed by atoms with Gasteiger partial charge in [-0.2, -0.15) is 5.10 Å². The zero-order valence-electron chi connectivity index (χ0n) is 14.3. The molecule has 0 aromatic carbocycles. The Morgan fingerprint density at radius 3 is 2.65 bits per heavy atom. The predicted molar refractivity (Wildman–Crippen MR) is 93.5 cm³/mol. The Bertz CT molecular complexity index is 539. The molecule has 1 aliphatic rings. The third-order valence-corrected chi connectivity index (χ3v) is 3.92. The average molecular weight is 320 g/mol. The lowest BCUT2D eigenvalue weighted by molar-refractivity contribution is 0.168. The SMILES string of the molecule is Cc1cc(N=C(N)CC(=N)N2CCN(CCN(C)C)CC2)n[nH]1. The van der Waals surface area contributed by atoms with Crippen molar-refractivity contribution in [2.45, 2.75) is 13.3 Å².